The molecule has 0 saturated heterocycles. The Morgan fingerprint density at radius 1 is 1.11 bits per heavy atom. The average Bonchev–Trinajstić information content (AvgIpc) is 2.34. The van der Waals surface area contributed by atoms with Gasteiger partial charge in [0.05, 0.1) is 0 Å². The van der Waals surface area contributed by atoms with Crippen molar-refractivity contribution in [3.05, 3.63) is 29.8 Å². The van der Waals surface area contributed by atoms with Crippen LogP contribution in [-0.4, -0.2) is 24.5 Å². The normalized spacial score (nSPS) is 13.2. The molecular formula is C16H28N2. The van der Waals surface area contributed by atoms with Crippen LogP contribution in [0.25, 0.3) is 0 Å². The first-order chi connectivity index (χ1) is 8.52. The highest BCUT2D eigenvalue weighted by molar-refractivity contribution is 5.40. The molecule has 0 fully saturated rings. The molecule has 2 N–H and O–H groups in total. The van der Waals surface area contributed by atoms with E-state index in [9.17, 15) is 0 Å². The van der Waals surface area contributed by atoms with Gasteiger partial charge in [0.2, 0.25) is 0 Å². The molecule has 0 aliphatic heterocycles. The molecule has 2 nitrogen and oxygen atoms in total. The predicted molar refractivity (Wildman–Crippen MR) is 80.8 cm³/mol. The van der Waals surface area contributed by atoms with Gasteiger partial charge in [0.1, 0.15) is 0 Å². The van der Waals surface area contributed by atoms with E-state index in [0.29, 0.717) is 5.92 Å². The zero-order valence-electron chi connectivity index (χ0n) is 12.3. The van der Waals surface area contributed by atoms with Crippen LogP contribution in [-0.2, 0) is 0 Å². The standard InChI is InChI=1S/C16H28N2/c1-5-18(12-13(2)3)11-10-14(4)15-6-8-16(17)9-7-15/h6-9,13-14H,5,10-12,17H2,1-4H3. The molecule has 18 heavy (non-hydrogen) atoms. The Morgan fingerprint density at radius 3 is 2.22 bits per heavy atom. The number of benzene rings is 1. The molecule has 0 bridgehead atoms. The Kier molecular flexibility index (Phi) is 6.20. The number of nitrogens with zero attached hydrogens (tertiary/aromatic N) is 1. The van der Waals surface area contributed by atoms with E-state index in [0.717, 1.165) is 18.2 Å². The molecule has 0 aromatic heterocycles. The molecule has 1 atom stereocenters. The molecule has 2 heteroatoms. The molecular weight excluding hydrogens is 220 g/mol. The Labute approximate surface area is 112 Å². The van der Waals surface area contributed by atoms with Gasteiger partial charge in [-0.15, -0.1) is 0 Å². The van der Waals surface area contributed by atoms with Gasteiger partial charge >= 0.3 is 0 Å². The second-order valence-corrected chi connectivity index (χ2v) is 5.64. The van der Waals surface area contributed by atoms with Gasteiger partial charge in [-0.1, -0.05) is 39.8 Å². The molecule has 1 unspecified atom stereocenters. The second-order valence-electron chi connectivity index (χ2n) is 5.64. The molecule has 1 aromatic rings. The van der Waals surface area contributed by atoms with Crippen molar-refractivity contribution in [3.8, 4) is 0 Å². The van der Waals surface area contributed by atoms with E-state index >= 15 is 0 Å². The third-order valence-electron chi connectivity index (χ3n) is 3.45. The topological polar surface area (TPSA) is 29.3 Å². The summed E-state index contributed by atoms with van der Waals surface area (Å²) in [6.45, 7) is 12.6. The highest BCUT2D eigenvalue weighted by atomic mass is 15.1. The van der Waals surface area contributed by atoms with Crippen LogP contribution in [0.1, 0.15) is 45.6 Å². The first-order valence-corrected chi connectivity index (χ1v) is 7.10. The number of hydrogen-bond acceptors (Lipinski definition) is 2. The van der Waals surface area contributed by atoms with Gasteiger partial charge in [-0.25, -0.2) is 0 Å². The molecule has 0 spiro atoms. The summed E-state index contributed by atoms with van der Waals surface area (Å²) in [5.74, 6) is 1.35. The van der Waals surface area contributed by atoms with E-state index in [-0.39, 0.29) is 0 Å². The molecule has 0 heterocycles. The maximum atomic E-state index is 5.72. The van der Waals surface area contributed by atoms with Crippen molar-refractivity contribution in [2.45, 2.75) is 40.0 Å². The summed E-state index contributed by atoms with van der Waals surface area (Å²) in [5.41, 5.74) is 7.96. The van der Waals surface area contributed by atoms with Crippen molar-refractivity contribution in [2.75, 3.05) is 25.4 Å². The molecule has 1 aromatic carbocycles. The van der Waals surface area contributed by atoms with Crippen LogP contribution >= 0.6 is 0 Å². The lowest BCUT2D eigenvalue weighted by Gasteiger charge is -2.24. The number of nitrogens with two attached hydrogens (primary N) is 1. The van der Waals surface area contributed by atoms with Gasteiger partial charge < -0.3 is 10.6 Å². The summed E-state index contributed by atoms with van der Waals surface area (Å²) in [6.07, 6.45) is 1.21. The minimum absolute atomic E-state index is 0.604. The minimum Gasteiger partial charge on any atom is -0.399 e. The fourth-order valence-corrected chi connectivity index (χ4v) is 2.26. The zero-order valence-corrected chi connectivity index (χ0v) is 12.3. The molecule has 0 saturated carbocycles. The quantitative estimate of drug-likeness (QED) is 0.745. The van der Waals surface area contributed by atoms with Crippen molar-refractivity contribution in [2.24, 2.45) is 5.92 Å². The summed E-state index contributed by atoms with van der Waals surface area (Å²) in [6, 6.07) is 8.30. The van der Waals surface area contributed by atoms with Crippen LogP contribution < -0.4 is 5.73 Å². The molecule has 0 radical (unpaired) electrons. The number of nitrogen functional groups attached to an aromatic ring is 1. The van der Waals surface area contributed by atoms with E-state index in [1.807, 2.05) is 12.1 Å². The van der Waals surface area contributed by atoms with Gasteiger partial charge in [0, 0.05) is 12.2 Å². The highest BCUT2D eigenvalue weighted by Crippen LogP contribution is 2.20. The first kappa shape index (κ1) is 15.0. The number of hydrogen-bond donors (Lipinski definition) is 1. The first-order valence-electron chi connectivity index (χ1n) is 7.10. The Hall–Kier alpha value is -1.02. The second kappa shape index (κ2) is 7.42. The van der Waals surface area contributed by atoms with Crippen LogP contribution in [0.5, 0.6) is 0 Å². The van der Waals surface area contributed by atoms with Crippen molar-refractivity contribution < 1.29 is 0 Å². The summed E-state index contributed by atoms with van der Waals surface area (Å²) in [5, 5.41) is 0. The average molecular weight is 248 g/mol. The lowest BCUT2D eigenvalue weighted by Crippen LogP contribution is -2.29. The third-order valence-corrected chi connectivity index (χ3v) is 3.45. The Balaban J connectivity index is 2.44. The summed E-state index contributed by atoms with van der Waals surface area (Å²) < 4.78 is 0. The molecule has 0 aliphatic carbocycles. The van der Waals surface area contributed by atoms with Gasteiger partial charge in [-0.2, -0.15) is 0 Å². The zero-order chi connectivity index (χ0) is 13.5. The number of anilines is 1. The van der Waals surface area contributed by atoms with Crippen molar-refractivity contribution in [1.29, 1.82) is 0 Å². The fraction of sp³-hybridized carbons (Fsp3) is 0.625. The maximum Gasteiger partial charge on any atom is 0.0314 e. The van der Waals surface area contributed by atoms with E-state index in [1.54, 1.807) is 0 Å². The Bertz CT molecular complexity index is 329. The van der Waals surface area contributed by atoms with Gasteiger partial charge in [-0.05, 0) is 49.0 Å². The minimum atomic E-state index is 0.604. The van der Waals surface area contributed by atoms with Crippen LogP contribution in [0.15, 0.2) is 24.3 Å². The van der Waals surface area contributed by atoms with Crippen LogP contribution in [0.2, 0.25) is 0 Å². The molecule has 102 valence electrons. The molecule has 0 aliphatic rings. The Morgan fingerprint density at radius 2 is 1.72 bits per heavy atom. The van der Waals surface area contributed by atoms with Gasteiger partial charge in [0.15, 0.2) is 0 Å². The van der Waals surface area contributed by atoms with Gasteiger partial charge in [-0.3, -0.25) is 0 Å². The van der Waals surface area contributed by atoms with Crippen LogP contribution in [0, 0.1) is 5.92 Å². The fourth-order valence-electron chi connectivity index (χ4n) is 2.26. The summed E-state index contributed by atoms with van der Waals surface area (Å²) in [4.78, 5) is 2.54. The van der Waals surface area contributed by atoms with E-state index in [4.69, 9.17) is 5.73 Å². The summed E-state index contributed by atoms with van der Waals surface area (Å²) in [7, 11) is 0. The molecule has 0 amide bonds. The van der Waals surface area contributed by atoms with E-state index in [2.05, 4.69) is 44.7 Å². The van der Waals surface area contributed by atoms with E-state index < -0.39 is 0 Å². The van der Waals surface area contributed by atoms with Crippen molar-refractivity contribution >= 4 is 5.69 Å². The van der Waals surface area contributed by atoms with Crippen LogP contribution in [0.3, 0.4) is 0 Å². The lowest BCUT2D eigenvalue weighted by molar-refractivity contribution is 0.248. The smallest absolute Gasteiger partial charge is 0.0314 e. The van der Waals surface area contributed by atoms with Crippen molar-refractivity contribution in [3.63, 3.8) is 0 Å². The number of rotatable bonds is 7. The van der Waals surface area contributed by atoms with E-state index in [1.165, 1.54) is 25.1 Å². The highest BCUT2D eigenvalue weighted by Gasteiger charge is 2.09. The largest absolute Gasteiger partial charge is 0.399 e. The van der Waals surface area contributed by atoms with Gasteiger partial charge in [0.25, 0.3) is 0 Å². The monoisotopic (exact) mass is 248 g/mol. The molecule has 1 rings (SSSR count). The third kappa shape index (κ3) is 5.09. The van der Waals surface area contributed by atoms with Crippen LogP contribution in [0.4, 0.5) is 5.69 Å². The maximum absolute atomic E-state index is 5.72. The summed E-state index contributed by atoms with van der Waals surface area (Å²) >= 11 is 0. The predicted octanol–water partition coefficient (Wildman–Crippen LogP) is 3.74. The van der Waals surface area contributed by atoms with Crippen molar-refractivity contribution in [1.82, 2.24) is 4.90 Å². The lowest BCUT2D eigenvalue weighted by atomic mass is 9.97. The SMILES string of the molecule is CCN(CCC(C)c1ccc(N)cc1)CC(C)C.